The van der Waals surface area contributed by atoms with E-state index in [-0.39, 0.29) is 39.0 Å². The van der Waals surface area contributed by atoms with Crippen molar-refractivity contribution in [2.24, 2.45) is 16.2 Å². The van der Waals surface area contributed by atoms with E-state index in [1.165, 1.54) is 17.8 Å². The number of nitrogens with zero attached hydrogens (tertiary/aromatic N) is 5. The van der Waals surface area contributed by atoms with Crippen molar-refractivity contribution in [1.82, 2.24) is 24.7 Å². The van der Waals surface area contributed by atoms with Crippen molar-refractivity contribution in [2.45, 2.75) is 112 Å². The first-order valence-electron chi connectivity index (χ1n) is 19.9. The highest BCUT2D eigenvalue weighted by Crippen LogP contribution is 2.64. The third-order valence-electron chi connectivity index (χ3n) is 12.1. The van der Waals surface area contributed by atoms with Crippen molar-refractivity contribution in [3.63, 3.8) is 0 Å². The van der Waals surface area contributed by atoms with Gasteiger partial charge in [-0.3, -0.25) is 19.8 Å². The fraction of sp³-hybridized carbons (Fsp3) is 0.435. The van der Waals surface area contributed by atoms with Gasteiger partial charge in [0.15, 0.2) is 10.8 Å². The lowest BCUT2D eigenvalue weighted by Crippen LogP contribution is -2.59. The number of carboxylic acid groups (broad SMARTS) is 1. The summed E-state index contributed by atoms with van der Waals surface area (Å²) in [5, 5.41) is 19.5. The summed E-state index contributed by atoms with van der Waals surface area (Å²) >= 11 is 1.41. The first kappa shape index (κ1) is 38.9. The molecule has 0 spiro atoms. The number of para-hydroxylation sites is 1. The van der Waals surface area contributed by atoms with E-state index in [0.717, 1.165) is 53.6 Å². The molecule has 296 valence electrons. The maximum atomic E-state index is 13.6. The zero-order chi connectivity index (χ0) is 40.5. The zero-order valence-corrected chi connectivity index (χ0v) is 35.0. The molecule has 1 amide bonds. The predicted octanol–water partition coefficient (Wildman–Crippen LogP) is 11.0. The number of pyridine rings is 2. The lowest BCUT2D eigenvalue weighted by atomic mass is 9.47. The Balaban J connectivity index is 1.08. The second-order valence-corrected chi connectivity index (χ2v) is 19.8. The number of fused-ring (bicyclic) bond motifs is 4. The number of amides is 1. The minimum atomic E-state index is -1.13. The normalized spacial score (nSPS) is 24.8. The Morgan fingerprint density at radius 1 is 0.912 bits per heavy atom. The highest BCUT2D eigenvalue weighted by atomic mass is 32.1. The van der Waals surface area contributed by atoms with Gasteiger partial charge in [-0.25, -0.2) is 14.8 Å². The maximum absolute atomic E-state index is 13.6. The lowest BCUT2D eigenvalue weighted by Gasteiger charge is -2.63. The number of anilines is 1. The van der Waals surface area contributed by atoms with Gasteiger partial charge in [-0.15, -0.1) is 0 Å². The van der Waals surface area contributed by atoms with Crippen LogP contribution in [-0.2, 0) is 11.3 Å². The van der Waals surface area contributed by atoms with Crippen LogP contribution in [0, 0.1) is 23.2 Å². The van der Waals surface area contributed by atoms with Crippen molar-refractivity contribution in [1.29, 1.82) is 0 Å². The van der Waals surface area contributed by atoms with E-state index in [4.69, 9.17) is 14.8 Å². The SMILES string of the molecule is CCC1(C)CC2(C)CC(C)(Cn3ncc(-c4ccc(-c5ccc6nccc(C(=O)Nc7nc8ccccc8s7)c6c5)nc4C(=O)O)c3C)CC(OC(C)(C)C)(C1)C2. The van der Waals surface area contributed by atoms with E-state index in [1.54, 1.807) is 18.5 Å². The molecule has 4 unspecified atom stereocenters. The highest BCUT2D eigenvalue weighted by molar-refractivity contribution is 7.22. The molecule has 10 nitrogen and oxygen atoms in total. The molecule has 11 heteroatoms. The summed E-state index contributed by atoms with van der Waals surface area (Å²) < 4.78 is 10.1. The number of carbonyl (C=O) groups excluding carboxylic acids is 1. The van der Waals surface area contributed by atoms with Gasteiger partial charge in [0.25, 0.3) is 5.91 Å². The standard InChI is InChI=1S/C46H52N6O4S/c1-9-43(6)22-44(7)23-45(8,26-46(24-43,25-44)56-42(3,4)5)27-52-28(2)33(21-48-52)30-15-17-34(49-38(30)40(54)55)29-14-16-35-32(20-29)31(18-19-47-35)39(53)51-41-50-36-12-10-11-13-37(36)57-41/h10-21H,9,22-27H2,1-8H3,(H,54,55)(H,50,51,53). The Bertz CT molecular complexity index is 2520. The van der Waals surface area contributed by atoms with Crippen LogP contribution in [0.1, 0.15) is 114 Å². The van der Waals surface area contributed by atoms with Gasteiger partial charge in [0.1, 0.15) is 0 Å². The molecule has 6 aromatic rings. The maximum Gasteiger partial charge on any atom is 0.355 e. The largest absolute Gasteiger partial charge is 0.476 e. The topological polar surface area (TPSA) is 132 Å². The molecule has 57 heavy (non-hydrogen) atoms. The number of benzene rings is 2. The number of hydrogen-bond donors (Lipinski definition) is 2. The lowest BCUT2D eigenvalue weighted by molar-refractivity contribution is -0.234. The summed E-state index contributed by atoms with van der Waals surface area (Å²) in [4.78, 5) is 40.2. The van der Waals surface area contributed by atoms with Gasteiger partial charge in [0.05, 0.1) is 44.4 Å². The van der Waals surface area contributed by atoms with Gasteiger partial charge in [-0.1, -0.05) is 63.7 Å². The first-order chi connectivity index (χ1) is 26.9. The number of carboxylic acids is 1. The number of hydrogen-bond acceptors (Lipinski definition) is 8. The number of aromatic carboxylic acids is 1. The van der Waals surface area contributed by atoms with Crippen LogP contribution in [0.3, 0.4) is 0 Å². The summed E-state index contributed by atoms with van der Waals surface area (Å²) in [6.07, 6.45) is 9.83. The first-order valence-corrected chi connectivity index (χ1v) is 20.7. The molecule has 2 bridgehead atoms. The van der Waals surface area contributed by atoms with Gasteiger partial charge < -0.3 is 9.84 Å². The monoisotopic (exact) mass is 784 g/mol. The molecule has 4 atom stereocenters. The van der Waals surface area contributed by atoms with Crippen LogP contribution >= 0.6 is 11.3 Å². The van der Waals surface area contributed by atoms with Crippen LogP contribution in [0.25, 0.3) is 43.5 Å². The van der Waals surface area contributed by atoms with Crippen molar-refractivity contribution in [3.05, 3.63) is 90.0 Å². The van der Waals surface area contributed by atoms with E-state index < -0.39 is 5.97 Å². The van der Waals surface area contributed by atoms with E-state index in [2.05, 4.69) is 68.4 Å². The van der Waals surface area contributed by atoms with Gasteiger partial charge in [-0.2, -0.15) is 5.10 Å². The number of ether oxygens (including phenoxy) is 1. The highest BCUT2D eigenvalue weighted by Gasteiger charge is 2.59. The molecule has 8 rings (SSSR count). The van der Waals surface area contributed by atoms with E-state index in [1.807, 2.05) is 61.5 Å². The molecule has 0 radical (unpaired) electrons. The molecule has 2 saturated carbocycles. The zero-order valence-electron chi connectivity index (χ0n) is 34.2. The van der Waals surface area contributed by atoms with Crippen LogP contribution in [0.4, 0.5) is 5.13 Å². The number of thiazole rings is 1. The van der Waals surface area contributed by atoms with Crippen molar-refractivity contribution in [2.75, 3.05) is 5.32 Å². The smallest absolute Gasteiger partial charge is 0.355 e. The molecular formula is C46H52N6O4S. The van der Waals surface area contributed by atoms with Crippen LogP contribution in [0.5, 0.6) is 0 Å². The van der Waals surface area contributed by atoms with Crippen LogP contribution < -0.4 is 5.32 Å². The molecule has 2 aliphatic rings. The van der Waals surface area contributed by atoms with Crippen LogP contribution in [0.15, 0.2) is 73.1 Å². The van der Waals surface area contributed by atoms with Crippen molar-refractivity contribution >= 4 is 49.5 Å². The summed E-state index contributed by atoms with van der Waals surface area (Å²) in [6.45, 7) is 18.8. The minimum Gasteiger partial charge on any atom is -0.476 e. The third kappa shape index (κ3) is 7.59. The molecule has 0 aliphatic heterocycles. The quantitative estimate of drug-likeness (QED) is 0.148. The Kier molecular flexibility index (Phi) is 9.43. The van der Waals surface area contributed by atoms with Crippen LogP contribution in [0.2, 0.25) is 0 Å². The number of nitrogens with one attached hydrogen (secondary N) is 1. The average molecular weight is 785 g/mol. The number of aromatic nitrogens is 5. The number of carbonyl (C=O) groups is 2. The Morgan fingerprint density at radius 3 is 2.40 bits per heavy atom. The fourth-order valence-corrected chi connectivity index (χ4v) is 11.7. The van der Waals surface area contributed by atoms with Gasteiger partial charge in [-0.05, 0) is 119 Å². The summed E-state index contributed by atoms with van der Waals surface area (Å²) in [7, 11) is 0. The summed E-state index contributed by atoms with van der Waals surface area (Å²) in [5.74, 6) is -1.44. The Hall–Kier alpha value is -5.00. The van der Waals surface area contributed by atoms with E-state index >= 15 is 0 Å². The summed E-state index contributed by atoms with van der Waals surface area (Å²) in [6, 6.07) is 18.6. The molecule has 2 fully saturated rings. The molecule has 2 aromatic carbocycles. The Labute approximate surface area is 338 Å². The van der Waals surface area contributed by atoms with Crippen molar-refractivity contribution in [3.8, 4) is 22.4 Å². The predicted molar refractivity (Wildman–Crippen MR) is 227 cm³/mol. The van der Waals surface area contributed by atoms with Crippen LogP contribution in [-0.4, -0.2) is 52.9 Å². The molecular weight excluding hydrogens is 733 g/mol. The third-order valence-corrected chi connectivity index (χ3v) is 13.1. The minimum absolute atomic E-state index is 0.0578. The van der Waals surface area contributed by atoms with E-state index in [9.17, 15) is 14.7 Å². The molecule has 0 saturated heterocycles. The fourth-order valence-electron chi connectivity index (χ4n) is 10.8. The summed E-state index contributed by atoms with van der Waals surface area (Å²) in [5.41, 5.74) is 4.94. The van der Waals surface area contributed by atoms with Gasteiger partial charge in [0.2, 0.25) is 0 Å². The van der Waals surface area contributed by atoms with Crippen molar-refractivity contribution < 1.29 is 19.4 Å². The average Bonchev–Trinajstić information content (AvgIpc) is 3.70. The molecule has 4 heterocycles. The van der Waals surface area contributed by atoms with Gasteiger partial charge in [0, 0.05) is 40.5 Å². The molecule has 2 aliphatic carbocycles. The van der Waals surface area contributed by atoms with Gasteiger partial charge >= 0.3 is 5.97 Å². The van der Waals surface area contributed by atoms with E-state index in [0.29, 0.717) is 45.0 Å². The second kappa shape index (κ2) is 13.8. The number of rotatable bonds is 9. The second-order valence-electron chi connectivity index (χ2n) is 18.8. The molecule has 2 N–H and O–H groups in total. The molecule has 4 aromatic heterocycles. The Morgan fingerprint density at radius 2 is 1.67 bits per heavy atom.